The molecule has 0 bridgehead atoms. The van der Waals surface area contributed by atoms with Gasteiger partial charge >= 0.3 is 5.97 Å². The predicted octanol–water partition coefficient (Wildman–Crippen LogP) is 2.90. The zero-order valence-electron chi connectivity index (χ0n) is 14.0. The van der Waals surface area contributed by atoms with Gasteiger partial charge in [0, 0.05) is 17.9 Å². The third-order valence-corrected chi connectivity index (χ3v) is 4.87. The maximum atomic E-state index is 12.2. The van der Waals surface area contributed by atoms with Crippen LogP contribution >= 0.6 is 11.3 Å². The van der Waals surface area contributed by atoms with Crippen LogP contribution in [0, 0.1) is 0 Å². The molecular weight excluding hydrogens is 328 g/mol. The largest absolute Gasteiger partial charge is 0.479 e. The zero-order valence-corrected chi connectivity index (χ0v) is 14.8. The van der Waals surface area contributed by atoms with Crippen molar-refractivity contribution < 1.29 is 19.4 Å². The van der Waals surface area contributed by atoms with E-state index in [0.29, 0.717) is 5.13 Å². The number of aliphatic carboxylic acids is 1. The molecule has 0 radical (unpaired) electrons. The molecule has 2 N–H and O–H groups in total. The van der Waals surface area contributed by atoms with Gasteiger partial charge in [0.25, 0.3) is 5.91 Å². The van der Waals surface area contributed by atoms with E-state index in [1.165, 1.54) is 25.4 Å². The second-order valence-corrected chi connectivity index (χ2v) is 6.88. The van der Waals surface area contributed by atoms with Gasteiger partial charge < -0.3 is 9.84 Å². The van der Waals surface area contributed by atoms with E-state index >= 15 is 0 Å². The summed E-state index contributed by atoms with van der Waals surface area (Å²) in [6.45, 7) is 5.28. The van der Waals surface area contributed by atoms with Crippen LogP contribution in [-0.2, 0) is 19.7 Å². The number of amides is 1. The third kappa shape index (κ3) is 3.32. The number of carboxylic acids is 1. The van der Waals surface area contributed by atoms with Gasteiger partial charge in [0.1, 0.15) is 0 Å². The lowest BCUT2D eigenvalue weighted by Gasteiger charge is -2.23. The van der Waals surface area contributed by atoms with Crippen LogP contribution in [-0.4, -0.2) is 34.7 Å². The normalized spacial score (nSPS) is 14.0. The van der Waals surface area contributed by atoms with Crippen molar-refractivity contribution in [2.75, 3.05) is 12.4 Å². The number of nitrogens with one attached hydrogen (secondary N) is 1. The van der Waals surface area contributed by atoms with Crippen molar-refractivity contribution in [1.82, 2.24) is 4.98 Å². The highest BCUT2D eigenvalue weighted by molar-refractivity contribution is 7.14. The van der Waals surface area contributed by atoms with E-state index in [4.69, 9.17) is 9.84 Å². The Morgan fingerprint density at radius 1 is 1.21 bits per heavy atom. The summed E-state index contributed by atoms with van der Waals surface area (Å²) in [4.78, 5) is 27.9. The molecule has 0 aliphatic rings. The van der Waals surface area contributed by atoms with E-state index in [2.05, 4.69) is 10.3 Å². The Balaban J connectivity index is 2.22. The number of nitrogens with zero attached hydrogens (tertiary/aromatic N) is 1. The number of benzene rings is 1. The standard InChI is InChI=1S/C17H20N2O4S/c1-16(2,11-8-6-5-7-9-11)12-10-24-15(18-12)19-13(20)17(3,23-4)14(21)22/h5-10H,1-4H3,(H,21,22)(H,18,19,20). The van der Waals surface area contributed by atoms with Gasteiger partial charge in [-0.2, -0.15) is 0 Å². The molecule has 0 saturated carbocycles. The minimum Gasteiger partial charge on any atom is -0.479 e. The lowest BCUT2D eigenvalue weighted by Crippen LogP contribution is -2.48. The number of carbonyl (C=O) groups is 2. The maximum absolute atomic E-state index is 12.2. The van der Waals surface area contributed by atoms with Crippen LogP contribution in [0.3, 0.4) is 0 Å². The Bertz CT molecular complexity index is 742. The van der Waals surface area contributed by atoms with Crippen LogP contribution in [0.1, 0.15) is 32.0 Å². The molecule has 1 heterocycles. The van der Waals surface area contributed by atoms with Crippen molar-refractivity contribution in [2.45, 2.75) is 31.8 Å². The average Bonchev–Trinajstić information content (AvgIpc) is 3.03. The molecule has 0 saturated heterocycles. The molecule has 0 aliphatic carbocycles. The SMILES string of the molecule is COC(C)(C(=O)O)C(=O)Nc1nc(C(C)(C)c2ccccc2)cs1. The number of hydrogen-bond donors (Lipinski definition) is 2. The van der Waals surface area contributed by atoms with Crippen LogP contribution in [0.25, 0.3) is 0 Å². The lowest BCUT2D eigenvalue weighted by molar-refractivity contribution is -0.165. The first kappa shape index (κ1) is 18.1. The van der Waals surface area contributed by atoms with Crippen molar-refractivity contribution in [3.63, 3.8) is 0 Å². The molecular formula is C17H20N2O4S. The average molecular weight is 348 g/mol. The molecule has 1 atom stereocenters. The van der Waals surface area contributed by atoms with E-state index in [1.54, 1.807) is 0 Å². The van der Waals surface area contributed by atoms with Crippen molar-refractivity contribution in [1.29, 1.82) is 0 Å². The number of aromatic nitrogens is 1. The number of hydrogen-bond acceptors (Lipinski definition) is 5. The summed E-state index contributed by atoms with van der Waals surface area (Å²) >= 11 is 1.25. The first-order chi connectivity index (χ1) is 11.2. The van der Waals surface area contributed by atoms with Crippen molar-refractivity contribution in [2.24, 2.45) is 0 Å². The number of methoxy groups -OCH3 is 1. The first-order valence-corrected chi connectivity index (χ1v) is 8.21. The molecule has 0 fully saturated rings. The highest BCUT2D eigenvalue weighted by Gasteiger charge is 2.42. The van der Waals surface area contributed by atoms with Gasteiger partial charge in [0.2, 0.25) is 5.60 Å². The second-order valence-electron chi connectivity index (χ2n) is 6.03. The van der Waals surface area contributed by atoms with Gasteiger partial charge in [-0.05, 0) is 12.5 Å². The minimum atomic E-state index is -1.96. The lowest BCUT2D eigenvalue weighted by atomic mass is 9.82. The molecule has 1 aromatic heterocycles. The van der Waals surface area contributed by atoms with Crippen LogP contribution in [0.4, 0.5) is 5.13 Å². The second kappa shape index (κ2) is 6.70. The fourth-order valence-corrected chi connectivity index (χ4v) is 2.99. The van der Waals surface area contributed by atoms with E-state index in [0.717, 1.165) is 11.3 Å². The van der Waals surface area contributed by atoms with Gasteiger partial charge in [0.05, 0.1) is 5.69 Å². The molecule has 1 aromatic carbocycles. The summed E-state index contributed by atoms with van der Waals surface area (Å²) < 4.78 is 4.84. The summed E-state index contributed by atoms with van der Waals surface area (Å²) in [5.41, 5.74) is -0.400. The van der Waals surface area contributed by atoms with E-state index in [1.807, 2.05) is 49.6 Å². The Labute approximate surface area is 144 Å². The van der Waals surface area contributed by atoms with Gasteiger partial charge in [-0.3, -0.25) is 10.1 Å². The quantitative estimate of drug-likeness (QED) is 0.784. The number of thiazole rings is 1. The summed E-state index contributed by atoms with van der Waals surface area (Å²) in [6, 6.07) is 9.91. The van der Waals surface area contributed by atoms with Crippen LogP contribution in [0.15, 0.2) is 35.7 Å². The molecule has 6 nitrogen and oxygen atoms in total. The fourth-order valence-electron chi connectivity index (χ4n) is 2.11. The number of ether oxygens (including phenoxy) is 1. The summed E-state index contributed by atoms with van der Waals surface area (Å²) in [5, 5.41) is 13.9. The summed E-state index contributed by atoms with van der Waals surface area (Å²) in [5.74, 6) is -2.13. The van der Waals surface area contributed by atoms with Crippen LogP contribution in [0.2, 0.25) is 0 Å². The first-order valence-electron chi connectivity index (χ1n) is 7.33. The molecule has 0 aliphatic heterocycles. The number of rotatable bonds is 6. The topological polar surface area (TPSA) is 88.5 Å². The number of anilines is 1. The van der Waals surface area contributed by atoms with Crippen molar-refractivity contribution in [3.05, 3.63) is 47.0 Å². The van der Waals surface area contributed by atoms with E-state index in [-0.39, 0.29) is 5.41 Å². The number of carbonyl (C=O) groups excluding carboxylic acids is 1. The molecule has 1 amide bonds. The molecule has 0 spiro atoms. The fraction of sp³-hybridized carbons (Fsp3) is 0.353. The highest BCUT2D eigenvalue weighted by Crippen LogP contribution is 2.33. The van der Waals surface area contributed by atoms with E-state index in [9.17, 15) is 9.59 Å². The van der Waals surface area contributed by atoms with Gasteiger partial charge in [-0.25, -0.2) is 9.78 Å². The van der Waals surface area contributed by atoms with Gasteiger partial charge in [0.15, 0.2) is 5.13 Å². The monoisotopic (exact) mass is 348 g/mol. The van der Waals surface area contributed by atoms with Crippen molar-refractivity contribution in [3.8, 4) is 0 Å². The molecule has 2 aromatic rings. The Morgan fingerprint density at radius 2 is 1.83 bits per heavy atom. The maximum Gasteiger partial charge on any atom is 0.345 e. The molecule has 128 valence electrons. The van der Waals surface area contributed by atoms with Gasteiger partial charge in [-0.15, -0.1) is 11.3 Å². The minimum absolute atomic E-state index is 0.335. The smallest absolute Gasteiger partial charge is 0.345 e. The van der Waals surface area contributed by atoms with Crippen molar-refractivity contribution >= 4 is 28.3 Å². The van der Waals surface area contributed by atoms with Gasteiger partial charge in [-0.1, -0.05) is 44.2 Å². The Morgan fingerprint density at radius 3 is 2.38 bits per heavy atom. The molecule has 2 rings (SSSR count). The summed E-state index contributed by atoms with van der Waals surface area (Å²) in [7, 11) is 1.18. The summed E-state index contributed by atoms with van der Waals surface area (Å²) in [6.07, 6.45) is 0. The van der Waals surface area contributed by atoms with Crippen LogP contribution in [0.5, 0.6) is 0 Å². The molecule has 7 heteroatoms. The predicted molar refractivity (Wildman–Crippen MR) is 92.4 cm³/mol. The zero-order chi connectivity index (χ0) is 18.0. The highest BCUT2D eigenvalue weighted by atomic mass is 32.1. The van der Waals surface area contributed by atoms with Crippen LogP contribution < -0.4 is 5.32 Å². The third-order valence-electron chi connectivity index (χ3n) is 4.11. The van der Waals surface area contributed by atoms with E-state index < -0.39 is 17.5 Å². The Hall–Kier alpha value is -2.25. The Kier molecular flexibility index (Phi) is 5.05. The molecule has 24 heavy (non-hydrogen) atoms. The molecule has 1 unspecified atom stereocenters. The number of carboxylic acid groups (broad SMARTS) is 1.